The average molecular weight is 487 g/mol. The lowest BCUT2D eigenvalue weighted by molar-refractivity contribution is -0.119. The zero-order chi connectivity index (χ0) is 24.0. The summed E-state index contributed by atoms with van der Waals surface area (Å²) in [6.07, 6.45) is 0. The highest BCUT2D eigenvalue weighted by molar-refractivity contribution is 7.92. The normalized spacial score (nSPS) is 11.2. The molecule has 8 heteroatoms. The second-order valence-corrected chi connectivity index (χ2v) is 10.1. The minimum atomic E-state index is -3.98. The maximum Gasteiger partial charge on any atom is 0.264 e. The number of hydrogen-bond acceptors (Lipinski definition) is 4. The molecule has 0 aliphatic heterocycles. The van der Waals surface area contributed by atoms with Gasteiger partial charge in [0.05, 0.1) is 17.1 Å². The fraction of sp³-hybridized carbons (Fsp3) is 0.240. The molecule has 0 spiro atoms. The van der Waals surface area contributed by atoms with Gasteiger partial charge in [-0.25, -0.2) is 8.42 Å². The average Bonchev–Trinajstić information content (AvgIpc) is 2.78. The first-order valence-corrected chi connectivity index (χ1v) is 12.3. The third kappa shape index (κ3) is 6.49. The lowest BCUT2D eigenvalue weighted by Gasteiger charge is -2.24. The lowest BCUT2D eigenvalue weighted by atomic mass is 10.1. The minimum Gasteiger partial charge on any atom is -0.491 e. The highest BCUT2D eigenvalue weighted by Crippen LogP contribution is 2.25. The van der Waals surface area contributed by atoms with Crippen LogP contribution in [0.25, 0.3) is 0 Å². The van der Waals surface area contributed by atoms with E-state index in [1.54, 1.807) is 24.3 Å². The van der Waals surface area contributed by atoms with Crippen LogP contribution in [0.4, 0.5) is 5.69 Å². The van der Waals surface area contributed by atoms with Crippen molar-refractivity contribution in [3.63, 3.8) is 0 Å². The number of carbonyl (C=O) groups excluding carboxylic acids is 1. The van der Waals surface area contributed by atoms with Gasteiger partial charge in [-0.2, -0.15) is 0 Å². The molecule has 0 heterocycles. The van der Waals surface area contributed by atoms with Crippen LogP contribution in [0.5, 0.6) is 5.75 Å². The van der Waals surface area contributed by atoms with E-state index in [9.17, 15) is 13.2 Å². The molecule has 33 heavy (non-hydrogen) atoms. The fourth-order valence-electron chi connectivity index (χ4n) is 3.16. The molecule has 3 rings (SSSR count). The molecular weight excluding hydrogens is 460 g/mol. The number of carbonyl (C=O) groups is 1. The third-order valence-corrected chi connectivity index (χ3v) is 7.08. The van der Waals surface area contributed by atoms with Crippen LogP contribution in [-0.4, -0.2) is 34.0 Å². The summed E-state index contributed by atoms with van der Waals surface area (Å²) >= 11 is 5.91. The van der Waals surface area contributed by atoms with E-state index in [0.717, 1.165) is 26.7 Å². The van der Waals surface area contributed by atoms with Gasteiger partial charge in [0, 0.05) is 5.02 Å². The molecule has 0 aliphatic rings. The van der Waals surface area contributed by atoms with E-state index >= 15 is 0 Å². The molecule has 6 nitrogen and oxygen atoms in total. The molecule has 0 saturated heterocycles. The molecule has 0 aliphatic carbocycles. The SMILES string of the molecule is Cc1ccc(N(CC(=O)NCCOc2cc(C)ccc2C)S(=O)(=O)c2ccc(Cl)cc2)cc1. The first-order valence-electron chi connectivity index (χ1n) is 10.5. The Hall–Kier alpha value is -3.03. The van der Waals surface area contributed by atoms with Gasteiger partial charge in [-0.3, -0.25) is 9.10 Å². The summed E-state index contributed by atoms with van der Waals surface area (Å²) in [5.74, 6) is 0.327. The quantitative estimate of drug-likeness (QED) is 0.446. The topological polar surface area (TPSA) is 75.7 Å². The Morgan fingerprint density at radius 2 is 1.58 bits per heavy atom. The van der Waals surface area contributed by atoms with Crippen LogP contribution in [0.1, 0.15) is 16.7 Å². The number of amides is 1. The summed E-state index contributed by atoms with van der Waals surface area (Å²) in [5.41, 5.74) is 3.47. The summed E-state index contributed by atoms with van der Waals surface area (Å²) in [7, 11) is -3.98. The van der Waals surface area contributed by atoms with Gasteiger partial charge < -0.3 is 10.1 Å². The van der Waals surface area contributed by atoms with Crippen molar-refractivity contribution in [1.29, 1.82) is 0 Å². The number of sulfonamides is 1. The van der Waals surface area contributed by atoms with Crippen molar-refractivity contribution >= 4 is 33.2 Å². The Balaban J connectivity index is 1.70. The molecule has 3 aromatic rings. The van der Waals surface area contributed by atoms with E-state index in [2.05, 4.69) is 5.32 Å². The number of anilines is 1. The molecule has 1 N–H and O–H groups in total. The number of benzene rings is 3. The van der Waals surface area contributed by atoms with Gasteiger partial charge >= 0.3 is 0 Å². The van der Waals surface area contributed by atoms with E-state index in [1.165, 1.54) is 24.3 Å². The number of nitrogens with one attached hydrogen (secondary N) is 1. The molecule has 0 atom stereocenters. The van der Waals surface area contributed by atoms with Crippen LogP contribution >= 0.6 is 11.6 Å². The Labute approximate surface area is 200 Å². The van der Waals surface area contributed by atoms with Gasteiger partial charge in [0.2, 0.25) is 5.91 Å². The molecule has 0 fully saturated rings. The van der Waals surface area contributed by atoms with Gasteiger partial charge in [-0.15, -0.1) is 0 Å². The first-order chi connectivity index (χ1) is 15.7. The van der Waals surface area contributed by atoms with E-state index < -0.39 is 15.9 Å². The lowest BCUT2D eigenvalue weighted by Crippen LogP contribution is -2.41. The standard InChI is InChI=1S/C25H27ClN2O4S/c1-18-5-10-22(11-6-18)28(33(30,31)23-12-8-21(26)9-13-23)17-25(29)27-14-15-32-24-16-19(2)4-7-20(24)3/h4-13,16H,14-15,17H2,1-3H3,(H,27,29). The number of rotatable bonds is 9. The van der Waals surface area contributed by atoms with E-state index in [4.69, 9.17) is 16.3 Å². The maximum absolute atomic E-state index is 13.3. The van der Waals surface area contributed by atoms with Crippen LogP contribution in [0.2, 0.25) is 5.02 Å². The zero-order valence-electron chi connectivity index (χ0n) is 18.8. The van der Waals surface area contributed by atoms with Crippen molar-refractivity contribution < 1.29 is 17.9 Å². The zero-order valence-corrected chi connectivity index (χ0v) is 20.4. The largest absolute Gasteiger partial charge is 0.491 e. The summed E-state index contributed by atoms with van der Waals surface area (Å²) < 4.78 is 33.5. The maximum atomic E-state index is 13.3. The van der Waals surface area contributed by atoms with Crippen LogP contribution < -0.4 is 14.4 Å². The highest BCUT2D eigenvalue weighted by Gasteiger charge is 2.27. The number of ether oxygens (including phenoxy) is 1. The summed E-state index contributed by atoms with van der Waals surface area (Å²) in [5, 5.41) is 3.17. The molecule has 3 aromatic carbocycles. The molecule has 174 valence electrons. The monoisotopic (exact) mass is 486 g/mol. The van der Waals surface area contributed by atoms with E-state index in [0.29, 0.717) is 10.7 Å². The van der Waals surface area contributed by atoms with Crippen molar-refractivity contribution in [2.45, 2.75) is 25.7 Å². The second-order valence-electron chi connectivity index (χ2n) is 7.77. The first kappa shape index (κ1) is 24.6. The molecule has 0 bridgehead atoms. The fourth-order valence-corrected chi connectivity index (χ4v) is 4.71. The van der Waals surface area contributed by atoms with Crippen molar-refractivity contribution in [3.05, 3.63) is 88.4 Å². The van der Waals surface area contributed by atoms with Gasteiger partial charge in [0.25, 0.3) is 10.0 Å². The molecule has 0 radical (unpaired) electrons. The Morgan fingerprint density at radius 1 is 0.939 bits per heavy atom. The summed E-state index contributed by atoms with van der Waals surface area (Å²) in [4.78, 5) is 12.7. The predicted octanol–water partition coefficient (Wildman–Crippen LogP) is 4.66. The Bertz CT molecular complexity index is 1210. The number of halogens is 1. The molecule has 0 aromatic heterocycles. The predicted molar refractivity (Wildman–Crippen MR) is 132 cm³/mol. The molecular formula is C25H27ClN2O4S. The van der Waals surface area contributed by atoms with Gasteiger partial charge in [0.1, 0.15) is 18.9 Å². The molecule has 1 amide bonds. The van der Waals surface area contributed by atoms with Crippen molar-refractivity contribution in [2.75, 3.05) is 24.0 Å². The van der Waals surface area contributed by atoms with E-state index in [1.807, 2.05) is 39.0 Å². The van der Waals surface area contributed by atoms with E-state index in [-0.39, 0.29) is 24.6 Å². The van der Waals surface area contributed by atoms with Crippen molar-refractivity contribution in [1.82, 2.24) is 5.32 Å². The molecule has 0 saturated carbocycles. The van der Waals surface area contributed by atoms with Crippen molar-refractivity contribution in [3.8, 4) is 5.75 Å². The summed E-state index contributed by atoms with van der Waals surface area (Å²) in [6, 6.07) is 18.7. The van der Waals surface area contributed by atoms with Crippen LogP contribution in [-0.2, 0) is 14.8 Å². The Morgan fingerprint density at radius 3 is 2.24 bits per heavy atom. The highest BCUT2D eigenvalue weighted by atomic mass is 35.5. The number of nitrogens with zero attached hydrogens (tertiary/aromatic N) is 1. The van der Waals surface area contributed by atoms with Gasteiger partial charge in [-0.1, -0.05) is 41.4 Å². The smallest absolute Gasteiger partial charge is 0.264 e. The van der Waals surface area contributed by atoms with Crippen LogP contribution in [0.15, 0.2) is 71.6 Å². The number of aryl methyl sites for hydroxylation is 3. The van der Waals surface area contributed by atoms with Crippen molar-refractivity contribution in [2.24, 2.45) is 0 Å². The van der Waals surface area contributed by atoms with Crippen LogP contribution in [0.3, 0.4) is 0 Å². The third-order valence-electron chi connectivity index (χ3n) is 5.04. The second kappa shape index (κ2) is 10.7. The number of hydrogen-bond donors (Lipinski definition) is 1. The Kier molecular flexibility index (Phi) is 8.00. The van der Waals surface area contributed by atoms with Gasteiger partial charge in [0.15, 0.2) is 0 Å². The van der Waals surface area contributed by atoms with Crippen LogP contribution in [0, 0.1) is 20.8 Å². The minimum absolute atomic E-state index is 0.0542. The summed E-state index contributed by atoms with van der Waals surface area (Å²) in [6.45, 7) is 5.99. The van der Waals surface area contributed by atoms with Gasteiger partial charge in [-0.05, 0) is 74.4 Å². The molecule has 0 unspecified atom stereocenters.